The van der Waals surface area contributed by atoms with E-state index >= 15 is 0 Å². The molecule has 0 saturated carbocycles. The second-order valence-electron chi connectivity index (χ2n) is 5.01. The van der Waals surface area contributed by atoms with E-state index in [1.165, 1.54) is 19.3 Å². The molecule has 1 atom stereocenters. The van der Waals surface area contributed by atoms with Gasteiger partial charge >= 0.3 is 0 Å². The van der Waals surface area contributed by atoms with Gasteiger partial charge in [0.25, 0.3) is 0 Å². The van der Waals surface area contributed by atoms with Crippen molar-refractivity contribution in [2.75, 3.05) is 7.11 Å². The lowest BCUT2D eigenvalue weighted by atomic mass is 10.1. The minimum atomic E-state index is -0.448. The minimum Gasteiger partial charge on any atom is -0.494 e. The molecule has 2 rings (SSSR count). The second-order valence-corrected chi connectivity index (χ2v) is 5.92. The van der Waals surface area contributed by atoms with E-state index in [0.29, 0.717) is 5.56 Å². The number of halogens is 2. The number of benzene rings is 2. The van der Waals surface area contributed by atoms with E-state index < -0.39 is 5.82 Å². The fraction of sp³-hybridized carbons (Fsp3) is 0.167. The molecular weight excluding hydrogens is 361 g/mol. The van der Waals surface area contributed by atoms with Crippen LogP contribution in [-0.2, 0) is 4.79 Å². The number of hydrogen-bond acceptors (Lipinski definition) is 2. The number of methoxy groups -OCH3 is 1. The largest absolute Gasteiger partial charge is 0.494 e. The predicted molar refractivity (Wildman–Crippen MR) is 92.7 cm³/mol. The van der Waals surface area contributed by atoms with Gasteiger partial charge in [0.1, 0.15) is 0 Å². The molecule has 120 valence electrons. The van der Waals surface area contributed by atoms with E-state index in [9.17, 15) is 9.18 Å². The third-order valence-electron chi connectivity index (χ3n) is 3.33. The summed E-state index contributed by atoms with van der Waals surface area (Å²) in [6.45, 7) is 1.80. The van der Waals surface area contributed by atoms with Gasteiger partial charge in [-0.25, -0.2) is 4.39 Å². The molecule has 0 spiro atoms. The molecule has 0 fully saturated rings. The van der Waals surface area contributed by atoms with Gasteiger partial charge in [0.2, 0.25) is 5.91 Å². The molecule has 3 nitrogen and oxygen atoms in total. The van der Waals surface area contributed by atoms with Gasteiger partial charge in [0.15, 0.2) is 11.6 Å². The molecule has 5 heteroatoms. The van der Waals surface area contributed by atoms with Gasteiger partial charge in [0.05, 0.1) is 13.2 Å². The molecule has 0 heterocycles. The maximum atomic E-state index is 13.7. The maximum absolute atomic E-state index is 13.7. The summed E-state index contributed by atoms with van der Waals surface area (Å²) in [6, 6.07) is 11.9. The molecule has 0 aliphatic carbocycles. The Kier molecular flexibility index (Phi) is 5.93. The third-order valence-corrected chi connectivity index (χ3v) is 3.86. The van der Waals surface area contributed by atoms with E-state index in [-0.39, 0.29) is 17.7 Å². The number of carbonyl (C=O) groups excluding carboxylic acids is 1. The van der Waals surface area contributed by atoms with Gasteiger partial charge in [-0.3, -0.25) is 4.79 Å². The van der Waals surface area contributed by atoms with Crippen molar-refractivity contribution in [1.82, 2.24) is 5.32 Å². The van der Waals surface area contributed by atoms with Gasteiger partial charge in [-0.2, -0.15) is 0 Å². The van der Waals surface area contributed by atoms with Crippen LogP contribution in [0.25, 0.3) is 6.08 Å². The summed E-state index contributed by atoms with van der Waals surface area (Å²) >= 11 is 3.36. The highest BCUT2D eigenvalue weighted by molar-refractivity contribution is 9.10. The third kappa shape index (κ3) is 4.93. The van der Waals surface area contributed by atoms with Crippen molar-refractivity contribution in [2.24, 2.45) is 0 Å². The van der Waals surface area contributed by atoms with Crippen molar-refractivity contribution >= 4 is 27.9 Å². The number of carbonyl (C=O) groups is 1. The molecule has 0 aromatic heterocycles. The van der Waals surface area contributed by atoms with Crippen LogP contribution in [0.3, 0.4) is 0 Å². The number of ether oxygens (including phenoxy) is 1. The van der Waals surface area contributed by atoms with E-state index in [1.807, 2.05) is 24.3 Å². The van der Waals surface area contributed by atoms with Crippen molar-refractivity contribution in [2.45, 2.75) is 13.0 Å². The van der Waals surface area contributed by atoms with E-state index in [1.54, 1.807) is 25.1 Å². The molecule has 1 N–H and O–H groups in total. The molecular formula is C18H17BrFNO2. The molecule has 0 unspecified atom stereocenters. The highest BCUT2D eigenvalue weighted by Gasteiger charge is 2.11. The number of nitrogens with one attached hydrogen (secondary N) is 1. The standard InChI is InChI=1S/C18H17BrFNO2/c1-12(14-6-9-17(23-2)16(20)11-14)21-18(22)10-5-13-3-7-15(19)8-4-13/h3-12H,1-2H3,(H,21,22)/b10-5+/t12-/m0/s1. The van der Waals surface area contributed by atoms with Gasteiger partial charge in [0, 0.05) is 10.5 Å². The summed E-state index contributed by atoms with van der Waals surface area (Å²) in [6.07, 6.45) is 3.18. The van der Waals surface area contributed by atoms with E-state index in [4.69, 9.17) is 4.74 Å². The zero-order chi connectivity index (χ0) is 16.8. The van der Waals surface area contributed by atoms with Gasteiger partial charge in [-0.15, -0.1) is 0 Å². The lowest BCUT2D eigenvalue weighted by Crippen LogP contribution is -2.24. The topological polar surface area (TPSA) is 38.3 Å². The Morgan fingerprint density at radius 1 is 1.26 bits per heavy atom. The first-order valence-corrected chi connectivity index (χ1v) is 7.86. The van der Waals surface area contributed by atoms with Crippen molar-refractivity contribution in [1.29, 1.82) is 0 Å². The lowest BCUT2D eigenvalue weighted by molar-refractivity contribution is -0.117. The lowest BCUT2D eigenvalue weighted by Gasteiger charge is -2.14. The number of rotatable bonds is 5. The first-order valence-electron chi connectivity index (χ1n) is 7.07. The molecule has 23 heavy (non-hydrogen) atoms. The summed E-state index contributed by atoms with van der Waals surface area (Å²) in [7, 11) is 1.41. The van der Waals surface area contributed by atoms with Crippen molar-refractivity contribution in [3.8, 4) is 5.75 Å². The highest BCUT2D eigenvalue weighted by Crippen LogP contribution is 2.21. The number of hydrogen-bond donors (Lipinski definition) is 1. The summed E-state index contributed by atoms with van der Waals surface area (Å²) < 4.78 is 19.6. The molecule has 0 bridgehead atoms. The first kappa shape index (κ1) is 17.2. The van der Waals surface area contributed by atoms with Crippen molar-refractivity contribution in [3.05, 3.63) is 70.0 Å². The Morgan fingerprint density at radius 3 is 2.57 bits per heavy atom. The highest BCUT2D eigenvalue weighted by atomic mass is 79.9. The van der Waals surface area contributed by atoms with E-state index in [2.05, 4.69) is 21.2 Å². The average Bonchev–Trinajstić information content (AvgIpc) is 2.54. The van der Waals surface area contributed by atoms with Crippen LogP contribution in [-0.4, -0.2) is 13.0 Å². The zero-order valence-electron chi connectivity index (χ0n) is 12.8. The average molecular weight is 378 g/mol. The Labute approximate surface area is 143 Å². The Hall–Kier alpha value is -2.14. The van der Waals surface area contributed by atoms with Crippen LogP contribution in [0.2, 0.25) is 0 Å². The quantitative estimate of drug-likeness (QED) is 0.779. The first-order chi connectivity index (χ1) is 11.0. The number of amides is 1. The molecule has 0 aliphatic heterocycles. The molecule has 0 saturated heterocycles. The second kappa shape index (κ2) is 7.92. The Bertz CT molecular complexity index is 713. The van der Waals surface area contributed by atoms with Crippen LogP contribution >= 0.6 is 15.9 Å². The molecule has 1 amide bonds. The summed E-state index contributed by atoms with van der Waals surface area (Å²) in [5.41, 5.74) is 1.60. The van der Waals surface area contributed by atoms with Crippen molar-refractivity contribution in [3.63, 3.8) is 0 Å². The van der Waals surface area contributed by atoms with Gasteiger partial charge in [-0.05, 0) is 48.4 Å². The predicted octanol–water partition coefficient (Wildman–Crippen LogP) is 4.49. The SMILES string of the molecule is COc1ccc([C@H](C)NC(=O)/C=C/c2ccc(Br)cc2)cc1F. The normalized spacial score (nSPS) is 12.2. The van der Waals surface area contributed by atoms with E-state index in [0.717, 1.165) is 10.0 Å². The zero-order valence-corrected chi connectivity index (χ0v) is 14.4. The van der Waals surface area contributed by atoms with Crippen molar-refractivity contribution < 1.29 is 13.9 Å². The Morgan fingerprint density at radius 2 is 1.96 bits per heavy atom. The fourth-order valence-electron chi connectivity index (χ4n) is 2.04. The molecule has 0 aliphatic rings. The van der Waals surface area contributed by atoms with Crippen LogP contribution in [0.4, 0.5) is 4.39 Å². The fourth-order valence-corrected chi connectivity index (χ4v) is 2.31. The smallest absolute Gasteiger partial charge is 0.244 e. The molecule has 0 radical (unpaired) electrons. The van der Waals surface area contributed by atoms with Crippen LogP contribution in [0, 0.1) is 5.82 Å². The van der Waals surface area contributed by atoms with Crippen LogP contribution in [0.15, 0.2) is 53.0 Å². The molecule has 2 aromatic carbocycles. The summed E-state index contributed by atoms with van der Waals surface area (Å²) in [4.78, 5) is 11.9. The van der Waals surface area contributed by atoms with Crippen LogP contribution in [0.1, 0.15) is 24.1 Å². The van der Waals surface area contributed by atoms with Crippen LogP contribution in [0.5, 0.6) is 5.75 Å². The summed E-state index contributed by atoms with van der Waals surface area (Å²) in [5, 5.41) is 2.80. The molecule has 2 aromatic rings. The maximum Gasteiger partial charge on any atom is 0.244 e. The monoisotopic (exact) mass is 377 g/mol. The minimum absolute atomic E-state index is 0.183. The van der Waals surface area contributed by atoms with Gasteiger partial charge < -0.3 is 10.1 Å². The van der Waals surface area contributed by atoms with Gasteiger partial charge in [-0.1, -0.05) is 34.1 Å². The Balaban J connectivity index is 1.99. The summed E-state index contributed by atoms with van der Waals surface area (Å²) in [5.74, 6) is -0.504. The van der Waals surface area contributed by atoms with Crippen LogP contribution < -0.4 is 10.1 Å².